The van der Waals surface area contributed by atoms with Crippen molar-refractivity contribution < 1.29 is 10.2 Å². The average molecular weight is 309 g/mol. The van der Waals surface area contributed by atoms with E-state index in [0.29, 0.717) is 19.0 Å². The minimum atomic E-state index is 0.0232. The number of aromatic nitrogens is 2. The minimum Gasteiger partial charge on any atom is -0.395 e. The Bertz CT molecular complexity index is 262. The summed E-state index contributed by atoms with van der Waals surface area (Å²) in [6.45, 7) is 0.910. The molecular formula is C8H12IN3O2. The van der Waals surface area contributed by atoms with Crippen LogP contribution in [0.4, 0.5) is 5.95 Å². The molecule has 0 aliphatic carbocycles. The Hall–Kier alpha value is -0.470. The molecule has 5 nitrogen and oxygen atoms in total. The van der Waals surface area contributed by atoms with Gasteiger partial charge in [-0.2, -0.15) is 0 Å². The second-order valence-electron chi connectivity index (χ2n) is 2.64. The molecular weight excluding hydrogens is 297 g/mol. The topological polar surface area (TPSA) is 69.5 Å². The van der Waals surface area contributed by atoms with E-state index in [0.717, 1.165) is 3.57 Å². The molecule has 1 heterocycles. The Labute approximate surface area is 95.9 Å². The maximum Gasteiger partial charge on any atom is 0.225 e. The Morgan fingerprint density at radius 3 is 2.07 bits per heavy atom. The molecule has 1 rings (SSSR count). The Morgan fingerprint density at radius 2 is 1.64 bits per heavy atom. The summed E-state index contributed by atoms with van der Waals surface area (Å²) in [6.07, 6.45) is 3.40. The Kier molecular flexibility index (Phi) is 5.05. The maximum atomic E-state index is 8.80. The van der Waals surface area contributed by atoms with Gasteiger partial charge in [-0.3, -0.25) is 0 Å². The number of hydrogen-bond donors (Lipinski definition) is 2. The number of rotatable bonds is 5. The zero-order chi connectivity index (χ0) is 10.4. The van der Waals surface area contributed by atoms with E-state index >= 15 is 0 Å². The fraction of sp³-hybridized carbons (Fsp3) is 0.500. The van der Waals surface area contributed by atoms with Gasteiger partial charge in [0.05, 0.1) is 13.2 Å². The zero-order valence-electron chi connectivity index (χ0n) is 7.60. The number of aliphatic hydroxyl groups is 2. The monoisotopic (exact) mass is 309 g/mol. The van der Waals surface area contributed by atoms with Gasteiger partial charge in [-0.15, -0.1) is 0 Å². The largest absolute Gasteiger partial charge is 0.395 e. The molecule has 0 amide bonds. The van der Waals surface area contributed by atoms with Crippen LogP contribution >= 0.6 is 22.6 Å². The molecule has 0 bridgehead atoms. The SMILES string of the molecule is OCCN(CCO)c1ncc(I)cn1. The van der Waals surface area contributed by atoms with Crippen molar-refractivity contribution in [1.29, 1.82) is 0 Å². The molecule has 0 saturated carbocycles. The summed E-state index contributed by atoms with van der Waals surface area (Å²) in [7, 11) is 0. The summed E-state index contributed by atoms with van der Waals surface area (Å²) in [4.78, 5) is 9.93. The van der Waals surface area contributed by atoms with Gasteiger partial charge in [0.1, 0.15) is 0 Å². The first-order chi connectivity index (χ1) is 6.77. The fourth-order valence-corrected chi connectivity index (χ4v) is 1.30. The third kappa shape index (κ3) is 3.35. The highest BCUT2D eigenvalue weighted by molar-refractivity contribution is 14.1. The van der Waals surface area contributed by atoms with Gasteiger partial charge in [-0.25, -0.2) is 9.97 Å². The van der Waals surface area contributed by atoms with Gasteiger partial charge in [-0.1, -0.05) is 0 Å². The molecule has 0 saturated heterocycles. The predicted octanol–water partition coefficient (Wildman–Crippen LogP) is -0.128. The molecule has 0 aromatic carbocycles. The lowest BCUT2D eigenvalue weighted by atomic mass is 10.5. The van der Waals surface area contributed by atoms with Crippen molar-refractivity contribution in [2.24, 2.45) is 0 Å². The van der Waals surface area contributed by atoms with E-state index in [-0.39, 0.29) is 13.2 Å². The molecule has 0 spiro atoms. The minimum absolute atomic E-state index is 0.0232. The van der Waals surface area contributed by atoms with Gasteiger partial charge in [0.25, 0.3) is 0 Å². The molecule has 0 radical (unpaired) electrons. The van der Waals surface area contributed by atoms with E-state index in [2.05, 4.69) is 32.6 Å². The lowest BCUT2D eigenvalue weighted by Gasteiger charge is -2.19. The third-order valence-electron chi connectivity index (χ3n) is 1.63. The van der Waals surface area contributed by atoms with Crippen molar-refractivity contribution >= 4 is 28.5 Å². The van der Waals surface area contributed by atoms with E-state index in [4.69, 9.17) is 10.2 Å². The van der Waals surface area contributed by atoms with Crippen LogP contribution in [-0.2, 0) is 0 Å². The van der Waals surface area contributed by atoms with Gasteiger partial charge in [0.15, 0.2) is 0 Å². The normalized spacial score (nSPS) is 10.2. The Morgan fingerprint density at radius 1 is 1.14 bits per heavy atom. The average Bonchev–Trinajstić information content (AvgIpc) is 2.19. The van der Waals surface area contributed by atoms with Crippen LogP contribution in [0.3, 0.4) is 0 Å². The summed E-state index contributed by atoms with van der Waals surface area (Å²) in [6, 6.07) is 0. The summed E-state index contributed by atoms with van der Waals surface area (Å²) < 4.78 is 0.958. The van der Waals surface area contributed by atoms with Crippen LogP contribution in [0.5, 0.6) is 0 Å². The lowest BCUT2D eigenvalue weighted by molar-refractivity contribution is 0.280. The highest BCUT2D eigenvalue weighted by Gasteiger charge is 2.07. The standard InChI is InChI=1S/C8H12IN3O2/c9-7-5-10-8(11-6-7)12(1-3-13)2-4-14/h5-6,13-14H,1-4H2. The van der Waals surface area contributed by atoms with Crippen LogP contribution in [-0.4, -0.2) is 46.5 Å². The quantitative estimate of drug-likeness (QED) is 0.742. The number of nitrogens with zero attached hydrogens (tertiary/aromatic N) is 3. The molecule has 6 heteroatoms. The molecule has 0 unspecified atom stereocenters. The van der Waals surface area contributed by atoms with Crippen molar-refractivity contribution in [3.63, 3.8) is 0 Å². The van der Waals surface area contributed by atoms with Crippen LogP contribution < -0.4 is 4.90 Å². The van der Waals surface area contributed by atoms with Crippen LogP contribution in [0.1, 0.15) is 0 Å². The van der Waals surface area contributed by atoms with Crippen molar-refractivity contribution in [2.45, 2.75) is 0 Å². The first-order valence-electron chi connectivity index (χ1n) is 4.22. The first kappa shape index (κ1) is 11.6. The molecule has 1 aromatic rings. The fourth-order valence-electron chi connectivity index (χ4n) is 1.02. The summed E-state index contributed by atoms with van der Waals surface area (Å²) in [5, 5.41) is 17.6. The van der Waals surface area contributed by atoms with E-state index in [1.54, 1.807) is 17.3 Å². The van der Waals surface area contributed by atoms with Gasteiger partial charge < -0.3 is 15.1 Å². The van der Waals surface area contributed by atoms with Crippen LogP contribution in [0.25, 0.3) is 0 Å². The zero-order valence-corrected chi connectivity index (χ0v) is 9.75. The second-order valence-corrected chi connectivity index (χ2v) is 3.88. The summed E-state index contributed by atoms with van der Waals surface area (Å²) in [5.74, 6) is 0.536. The van der Waals surface area contributed by atoms with Crippen molar-refractivity contribution in [3.05, 3.63) is 16.0 Å². The Balaban J connectivity index is 2.71. The smallest absolute Gasteiger partial charge is 0.225 e. The molecule has 1 aromatic heterocycles. The van der Waals surface area contributed by atoms with E-state index in [1.807, 2.05) is 0 Å². The van der Waals surface area contributed by atoms with Gasteiger partial charge >= 0.3 is 0 Å². The number of hydrogen-bond acceptors (Lipinski definition) is 5. The molecule has 78 valence electrons. The highest BCUT2D eigenvalue weighted by atomic mass is 127. The predicted molar refractivity (Wildman–Crippen MR) is 61.1 cm³/mol. The number of aliphatic hydroxyl groups excluding tert-OH is 2. The second kappa shape index (κ2) is 6.10. The number of halogens is 1. The first-order valence-corrected chi connectivity index (χ1v) is 5.30. The summed E-state index contributed by atoms with van der Waals surface area (Å²) >= 11 is 2.12. The van der Waals surface area contributed by atoms with Crippen LogP contribution in [0.2, 0.25) is 0 Å². The van der Waals surface area contributed by atoms with Crippen molar-refractivity contribution in [1.82, 2.24) is 9.97 Å². The van der Waals surface area contributed by atoms with E-state index in [1.165, 1.54) is 0 Å². The molecule has 2 N–H and O–H groups in total. The molecule has 0 atom stereocenters. The van der Waals surface area contributed by atoms with Crippen molar-refractivity contribution in [3.8, 4) is 0 Å². The molecule has 0 fully saturated rings. The van der Waals surface area contributed by atoms with Gasteiger partial charge in [0.2, 0.25) is 5.95 Å². The van der Waals surface area contributed by atoms with Crippen molar-refractivity contribution in [2.75, 3.05) is 31.2 Å². The van der Waals surface area contributed by atoms with Gasteiger partial charge in [-0.05, 0) is 22.6 Å². The molecule has 14 heavy (non-hydrogen) atoms. The molecule has 0 aliphatic rings. The number of anilines is 1. The lowest BCUT2D eigenvalue weighted by Crippen LogP contribution is -2.31. The van der Waals surface area contributed by atoms with E-state index < -0.39 is 0 Å². The molecule has 0 aliphatic heterocycles. The highest BCUT2D eigenvalue weighted by Crippen LogP contribution is 2.07. The summed E-state index contributed by atoms with van der Waals surface area (Å²) in [5.41, 5.74) is 0. The van der Waals surface area contributed by atoms with Gasteiger partial charge in [0, 0.05) is 29.1 Å². The van der Waals surface area contributed by atoms with Crippen LogP contribution in [0.15, 0.2) is 12.4 Å². The van der Waals surface area contributed by atoms with E-state index in [9.17, 15) is 0 Å². The van der Waals surface area contributed by atoms with Crippen LogP contribution in [0, 0.1) is 3.57 Å². The maximum absolute atomic E-state index is 8.80. The third-order valence-corrected chi connectivity index (χ3v) is 2.19.